The van der Waals surface area contributed by atoms with Crippen molar-refractivity contribution in [2.24, 2.45) is 11.7 Å². The van der Waals surface area contributed by atoms with Crippen molar-refractivity contribution in [2.45, 2.75) is 64.0 Å². The first kappa shape index (κ1) is 14.5. The summed E-state index contributed by atoms with van der Waals surface area (Å²) in [6, 6.07) is -0.466. The van der Waals surface area contributed by atoms with E-state index in [1.54, 1.807) is 0 Å². The molecule has 1 saturated carbocycles. The number of carbonyl (C=O) groups is 1. The van der Waals surface area contributed by atoms with Gasteiger partial charge in [-0.15, -0.1) is 0 Å². The normalized spacial score (nSPS) is 22.8. The standard InChI is InChI=1S/C13H26N2O2/c1-3-10(2)11(14)12(16)15-9-13(17)7-5-4-6-8-13/h10-11,17H,3-9,14H2,1-2H3,(H,15,16). The van der Waals surface area contributed by atoms with Gasteiger partial charge in [-0.05, 0) is 18.8 Å². The fraction of sp³-hybridized carbons (Fsp3) is 0.923. The van der Waals surface area contributed by atoms with Gasteiger partial charge in [0.2, 0.25) is 5.91 Å². The number of carbonyl (C=O) groups excluding carboxylic acids is 1. The molecule has 0 aromatic rings. The Bertz CT molecular complexity index is 250. The lowest BCUT2D eigenvalue weighted by molar-refractivity contribution is -0.125. The highest BCUT2D eigenvalue weighted by Crippen LogP contribution is 2.27. The van der Waals surface area contributed by atoms with Gasteiger partial charge in [0.1, 0.15) is 0 Å². The van der Waals surface area contributed by atoms with Crippen LogP contribution in [0.4, 0.5) is 0 Å². The summed E-state index contributed by atoms with van der Waals surface area (Å²) >= 11 is 0. The molecule has 1 fully saturated rings. The molecule has 2 unspecified atom stereocenters. The van der Waals surface area contributed by atoms with Gasteiger partial charge in [0.05, 0.1) is 11.6 Å². The van der Waals surface area contributed by atoms with E-state index in [0.717, 1.165) is 32.1 Å². The molecule has 1 amide bonds. The maximum atomic E-state index is 11.8. The highest BCUT2D eigenvalue weighted by Gasteiger charge is 2.30. The van der Waals surface area contributed by atoms with Gasteiger partial charge >= 0.3 is 0 Å². The van der Waals surface area contributed by atoms with Crippen LogP contribution in [0.1, 0.15) is 52.4 Å². The van der Waals surface area contributed by atoms with Gasteiger partial charge in [0, 0.05) is 6.54 Å². The average Bonchev–Trinajstić information content (AvgIpc) is 2.35. The maximum Gasteiger partial charge on any atom is 0.237 e. The van der Waals surface area contributed by atoms with Gasteiger partial charge in [0.25, 0.3) is 0 Å². The van der Waals surface area contributed by atoms with E-state index in [9.17, 15) is 9.90 Å². The minimum Gasteiger partial charge on any atom is -0.388 e. The average molecular weight is 242 g/mol. The number of aliphatic hydroxyl groups is 1. The highest BCUT2D eigenvalue weighted by molar-refractivity contribution is 5.81. The van der Waals surface area contributed by atoms with Crippen LogP contribution in [0, 0.1) is 5.92 Å². The van der Waals surface area contributed by atoms with E-state index in [0.29, 0.717) is 6.54 Å². The van der Waals surface area contributed by atoms with E-state index >= 15 is 0 Å². The number of nitrogens with two attached hydrogens (primary N) is 1. The Morgan fingerprint density at radius 1 is 1.41 bits per heavy atom. The van der Waals surface area contributed by atoms with Crippen molar-refractivity contribution in [1.29, 1.82) is 0 Å². The van der Waals surface area contributed by atoms with E-state index in [2.05, 4.69) is 5.32 Å². The molecule has 4 nitrogen and oxygen atoms in total. The lowest BCUT2D eigenvalue weighted by atomic mass is 9.85. The largest absolute Gasteiger partial charge is 0.388 e. The zero-order valence-electron chi connectivity index (χ0n) is 11.0. The molecule has 0 aromatic carbocycles. The summed E-state index contributed by atoms with van der Waals surface area (Å²) in [4.78, 5) is 11.8. The molecule has 100 valence electrons. The van der Waals surface area contributed by atoms with E-state index in [-0.39, 0.29) is 11.8 Å². The number of rotatable bonds is 5. The summed E-state index contributed by atoms with van der Waals surface area (Å²) in [5, 5.41) is 13.0. The summed E-state index contributed by atoms with van der Waals surface area (Å²) in [6.45, 7) is 4.34. The second-order valence-corrected chi connectivity index (χ2v) is 5.41. The number of hydrogen-bond acceptors (Lipinski definition) is 3. The van der Waals surface area contributed by atoms with Crippen molar-refractivity contribution in [1.82, 2.24) is 5.32 Å². The van der Waals surface area contributed by atoms with E-state index in [1.807, 2.05) is 13.8 Å². The quantitative estimate of drug-likeness (QED) is 0.677. The van der Waals surface area contributed by atoms with Crippen LogP contribution in [0.5, 0.6) is 0 Å². The second-order valence-electron chi connectivity index (χ2n) is 5.41. The van der Waals surface area contributed by atoms with Gasteiger partial charge in [-0.25, -0.2) is 0 Å². The number of hydrogen-bond donors (Lipinski definition) is 3. The van der Waals surface area contributed by atoms with Crippen LogP contribution in [-0.4, -0.2) is 29.2 Å². The Labute approximate surface area is 104 Å². The summed E-state index contributed by atoms with van der Waals surface area (Å²) in [5.41, 5.74) is 5.13. The monoisotopic (exact) mass is 242 g/mol. The summed E-state index contributed by atoms with van der Waals surface area (Å²) in [5.74, 6) is 0.0364. The fourth-order valence-corrected chi connectivity index (χ4v) is 2.27. The smallest absolute Gasteiger partial charge is 0.237 e. The molecule has 0 heterocycles. The lowest BCUT2D eigenvalue weighted by Gasteiger charge is -2.32. The van der Waals surface area contributed by atoms with Gasteiger partial charge in [-0.1, -0.05) is 39.5 Å². The van der Waals surface area contributed by atoms with Crippen molar-refractivity contribution in [2.75, 3.05) is 6.54 Å². The van der Waals surface area contributed by atoms with E-state index in [1.165, 1.54) is 6.42 Å². The molecule has 0 spiro atoms. The summed E-state index contributed by atoms with van der Waals surface area (Å²) < 4.78 is 0. The Hall–Kier alpha value is -0.610. The number of amides is 1. The van der Waals surface area contributed by atoms with Crippen LogP contribution in [0.3, 0.4) is 0 Å². The molecule has 17 heavy (non-hydrogen) atoms. The predicted molar refractivity (Wildman–Crippen MR) is 68.5 cm³/mol. The van der Waals surface area contributed by atoms with Gasteiger partial charge < -0.3 is 16.2 Å². The highest BCUT2D eigenvalue weighted by atomic mass is 16.3. The van der Waals surface area contributed by atoms with Crippen molar-refractivity contribution < 1.29 is 9.90 Å². The zero-order chi connectivity index (χ0) is 12.9. The first-order valence-electron chi connectivity index (χ1n) is 6.74. The third kappa shape index (κ3) is 4.28. The Balaban J connectivity index is 2.36. The molecule has 2 atom stereocenters. The predicted octanol–water partition coefficient (Wildman–Crippen LogP) is 1.17. The molecule has 4 heteroatoms. The Kier molecular flexibility index (Phi) is 5.40. The third-order valence-electron chi connectivity index (χ3n) is 3.94. The molecule has 0 aliphatic heterocycles. The summed E-state index contributed by atoms with van der Waals surface area (Å²) in [6.07, 6.45) is 5.73. The van der Waals surface area contributed by atoms with Crippen LogP contribution in [0.2, 0.25) is 0 Å². The van der Waals surface area contributed by atoms with Crippen LogP contribution in [0.25, 0.3) is 0 Å². The van der Waals surface area contributed by atoms with Crippen LogP contribution < -0.4 is 11.1 Å². The van der Waals surface area contributed by atoms with Gasteiger partial charge in [-0.2, -0.15) is 0 Å². The zero-order valence-corrected chi connectivity index (χ0v) is 11.0. The van der Waals surface area contributed by atoms with Gasteiger partial charge in [-0.3, -0.25) is 4.79 Å². The molecule has 1 rings (SSSR count). The topological polar surface area (TPSA) is 75.4 Å². The fourth-order valence-electron chi connectivity index (χ4n) is 2.27. The molecular formula is C13H26N2O2. The lowest BCUT2D eigenvalue weighted by Crippen LogP contribution is -2.50. The second kappa shape index (κ2) is 6.36. The van der Waals surface area contributed by atoms with E-state index in [4.69, 9.17) is 5.73 Å². The van der Waals surface area contributed by atoms with Crippen molar-refractivity contribution in [3.8, 4) is 0 Å². The van der Waals surface area contributed by atoms with Crippen LogP contribution in [-0.2, 0) is 4.79 Å². The van der Waals surface area contributed by atoms with Crippen molar-refractivity contribution in [3.05, 3.63) is 0 Å². The van der Waals surface area contributed by atoms with Crippen molar-refractivity contribution >= 4 is 5.91 Å². The molecule has 0 radical (unpaired) electrons. The molecule has 1 aliphatic carbocycles. The molecule has 0 aromatic heterocycles. The molecule has 0 saturated heterocycles. The summed E-state index contributed by atoms with van der Waals surface area (Å²) in [7, 11) is 0. The third-order valence-corrected chi connectivity index (χ3v) is 3.94. The molecule has 0 bridgehead atoms. The first-order valence-corrected chi connectivity index (χ1v) is 6.74. The molecular weight excluding hydrogens is 216 g/mol. The molecule has 1 aliphatic rings. The van der Waals surface area contributed by atoms with Crippen LogP contribution in [0.15, 0.2) is 0 Å². The minimum absolute atomic E-state index is 0.140. The number of nitrogens with one attached hydrogen (secondary N) is 1. The Morgan fingerprint density at radius 2 is 2.00 bits per heavy atom. The Morgan fingerprint density at radius 3 is 2.53 bits per heavy atom. The van der Waals surface area contributed by atoms with Crippen molar-refractivity contribution in [3.63, 3.8) is 0 Å². The van der Waals surface area contributed by atoms with Crippen LogP contribution >= 0.6 is 0 Å². The molecule has 4 N–H and O–H groups in total. The van der Waals surface area contributed by atoms with Gasteiger partial charge in [0.15, 0.2) is 0 Å². The SMILES string of the molecule is CCC(C)C(N)C(=O)NCC1(O)CCCCC1. The maximum absolute atomic E-state index is 11.8. The van der Waals surface area contributed by atoms with E-state index < -0.39 is 11.6 Å². The first-order chi connectivity index (χ1) is 7.98. The minimum atomic E-state index is -0.705.